The first kappa shape index (κ1) is 7.03. The highest BCUT2D eigenvalue weighted by Gasteiger charge is 2.04. The summed E-state index contributed by atoms with van der Waals surface area (Å²) in [5, 5.41) is 3.70. The van der Waals surface area contributed by atoms with Crippen molar-refractivity contribution >= 4 is 0 Å². The van der Waals surface area contributed by atoms with Gasteiger partial charge in [0.1, 0.15) is 5.76 Å². The lowest BCUT2D eigenvalue weighted by molar-refractivity contribution is 0.398. The normalized spacial score (nSPS) is 10.1. The zero-order chi connectivity index (χ0) is 8.39. The van der Waals surface area contributed by atoms with Gasteiger partial charge in [-0.2, -0.15) is 0 Å². The number of hydrogen-bond donors (Lipinski definition) is 0. The van der Waals surface area contributed by atoms with Crippen LogP contribution in [0.15, 0.2) is 35.2 Å². The molecule has 0 radical (unpaired) electrons. The summed E-state index contributed by atoms with van der Waals surface area (Å²) in [4.78, 5) is 4.01. The molecular weight excluding hydrogens is 152 g/mol. The molecule has 0 bridgehead atoms. The fraction of sp³-hybridized carbons (Fsp3) is 0.111. The Balaban J connectivity index is 2.51. The maximum Gasteiger partial charge on any atom is 0.141 e. The molecule has 2 aromatic heterocycles. The first-order valence-corrected chi connectivity index (χ1v) is 3.69. The molecule has 0 amide bonds. The van der Waals surface area contributed by atoms with Crippen molar-refractivity contribution in [2.45, 2.75) is 6.92 Å². The lowest BCUT2D eigenvalue weighted by atomic mass is 10.1. The van der Waals surface area contributed by atoms with Crippen LogP contribution < -0.4 is 0 Å². The minimum atomic E-state index is 0.822. The Morgan fingerprint density at radius 3 is 2.83 bits per heavy atom. The summed E-state index contributed by atoms with van der Waals surface area (Å²) < 4.78 is 4.94. The lowest BCUT2D eigenvalue weighted by Crippen LogP contribution is -1.77. The highest BCUT2D eigenvalue weighted by atomic mass is 16.5. The standard InChI is InChI=1S/C9H8N2O/c1-7-9(6-11-12-7)8-3-2-4-10-5-8/h2-6H,1H3. The molecule has 2 aromatic rings. The number of rotatable bonds is 1. The van der Waals surface area contributed by atoms with Crippen LogP contribution in [0.5, 0.6) is 0 Å². The molecule has 12 heavy (non-hydrogen) atoms. The second-order valence-electron chi connectivity index (χ2n) is 2.54. The Kier molecular flexibility index (Phi) is 1.63. The van der Waals surface area contributed by atoms with Gasteiger partial charge in [0.05, 0.1) is 6.20 Å². The average molecular weight is 160 g/mol. The van der Waals surface area contributed by atoms with E-state index >= 15 is 0 Å². The Morgan fingerprint density at radius 1 is 1.33 bits per heavy atom. The molecule has 0 saturated heterocycles. The molecule has 0 fully saturated rings. The van der Waals surface area contributed by atoms with Gasteiger partial charge in [-0.25, -0.2) is 0 Å². The quantitative estimate of drug-likeness (QED) is 0.640. The Morgan fingerprint density at radius 2 is 2.25 bits per heavy atom. The van der Waals surface area contributed by atoms with E-state index in [1.165, 1.54) is 0 Å². The van der Waals surface area contributed by atoms with E-state index in [2.05, 4.69) is 10.1 Å². The monoisotopic (exact) mass is 160 g/mol. The van der Waals surface area contributed by atoms with Crippen molar-refractivity contribution < 1.29 is 4.52 Å². The molecule has 60 valence electrons. The zero-order valence-corrected chi connectivity index (χ0v) is 6.69. The van der Waals surface area contributed by atoms with Crippen molar-refractivity contribution in [2.24, 2.45) is 0 Å². The average Bonchev–Trinajstić information content (AvgIpc) is 2.53. The van der Waals surface area contributed by atoms with Gasteiger partial charge in [0.25, 0.3) is 0 Å². The maximum atomic E-state index is 4.94. The van der Waals surface area contributed by atoms with Crippen LogP contribution in [0.25, 0.3) is 11.1 Å². The lowest BCUT2D eigenvalue weighted by Gasteiger charge is -1.94. The third-order valence-electron chi connectivity index (χ3n) is 1.72. The van der Waals surface area contributed by atoms with Crippen molar-refractivity contribution in [1.82, 2.24) is 10.1 Å². The van der Waals surface area contributed by atoms with E-state index in [4.69, 9.17) is 4.52 Å². The van der Waals surface area contributed by atoms with E-state index in [1.54, 1.807) is 18.6 Å². The minimum Gasteiger partial charge on any atom is -0.361 e. The van der Waals surface area contributed by atoms with Crippen LogP contribution in [0.1, 0.15) is 5.76 Å². The van der Waals surface area contributed by atoms with Crippen molar-refractivity contribution in [3.8, 4) is 11.1 Å². The van der Waals surface area contributed by atoms with Gasteiger partial charge in [-0.1, -0.05) is 11.2 Å². The smallest absolute Gasteiger partial charge is 0.141 e. The minimum absolute atomic E-state index is 0.822. The molecule has 0 aliphatic rings. The predicted molar refractivity (Wildman–Crippen MR) is 44.5 cm³/mol. The van der Waals surface area contributed by atoms with E-state index in [-0.39, 0.29) is 0 Å². The molecule has 0 N–H and O–H groups in total. The van der Waals surface area contributed by atoms with Crippen LogP contribution in [0.3, 0.4) is 0 Å². The van der Waals surface area contributed by atoms with E-state index < -0.39 is 0 Å². The summed E-state index contributed by atoms with van der Waals surface area (Å²) in [6, 6.07) is 3.87. The van der Waals surface area contributed by atoms with Gasteiger partial charge >= 0.3 is 0 Å². The molecule has 0 atom stereocenters. The SMILES string of the molecule is Cc1oncc1-c1cccnc1. The summed E-state index contributed by atoms with van der Waals surface area (Å²) >= 11 is 0. The fourth-order valence-corrected chi connectivity index (χ4v) is 1.10. The third kappa shape index (κ3) is 1.09. The van der Waals surface area contributed by atoms with E-state index in [9.17, 15) is 0 Å². The molecule has 0 aromatic carbocycles. The Bertz CT molecular complexity index is 367. The molecule has 0 saturated carbocycles. The topological polar surface area (TPSA) is 38.9 Å². The summed E-state index contributed by atoms with van der Waals surface area (Å²) in [7, 11) is 0. The maximum absolute atomic E-state index is 4.94. The van der Waals surface area contributed by atoms with E-state index in [0.717, 1.165) is 16.9 Å². The third-order valence-corrected chi connectivity index (χ3v) is 1.72. The molecule has 0 spiro atoms. The highest BCUT2D eigenvalue weighted by Crippen LogP contribution is 2.20. The molecule has 0 aliphatic heterocycles. The second-order valence-corrected chi connectivity index (χ2v) is 2.54. The van der Waals surface area contributed by atoms with Crippen molar-refractivity contribution in [3.63, 3.8) is 0 Å². The van der Waals surface area contributed by atoms with E-state index in [0.29, 0.717) is 0 Å². The molecule has 2 heterocycles. The van der Waals surface area contributed by atoms with Crippen LogP contribution >= 0.6 is 0 Å². The van der Waals surface area contributed by atoms with Crippen LogP contribution in [0.4, 0.5) is 0 Å². The van der Waals surface area contributed by atoms with Gasteiger partial charge in [-0.15, -0.1) is 0 Å². The highest BCUT2D eigenvalue weighted by molar-refractivity contribution is 5.62. The molecule has 3 heteroatoms. The van der Waals surface area contributed by atoms with Crippen LogP contribution in [0, 0.1) is 6.92 Å². The summed E-state index contributed by atoms with van der Waals surface area (Å²) in [6.07, 6.45) is 5.23. The van der Waals surface area contributed by atoms with Crippen molar-refractivity contribution in [3.05, 3.63) is 36.5 Å². The number of hydrogen-bond acceptors (Lipinski definition) is 3. The summed E-state index contributed by atoms with van der Waals surface area (Å²) in [6.45, 7) is 1.88. The fourth-order valence-electron chi connectivity index (χ4n) is 1.10. The van der Waals surface area contributed by atoms with E-state index in [1.807, 2.05) is 19.1 Å². The van der Waals surface area contributed by atoms with Crippen LogP contribution in [-0.4, -0.2) is 10.1 Å². The summed E-state index contributed by atoms with van der Waals surface area (Å²) in [5.41, 5.74) is 2.04. The van der Waals surface area contributed by atoms with Gasteiger partial charge in [-0.3, -0.25) is 4.98 Å². The van der Waals surface area contributed by atoms with Gasteiger partial charge in [0.15, 0.2) is 0 Å². The van der Waals surface area contributed by atoms with Crippen molar-refractivity contribution in [1.29, 1.82) is 0 Å². The zero-order valence-electron chi connectivity index (χ0n) is 6.69. The second kappa shape index (κ2) is 2.77. The number of aryl methyl sites for hydroxylation is 1. The number of pyridine rings is 1. The largest absolute Gasteiger partial charge is 0.361 e. The molecular formula is C9H8N2O. The van der Waals surface area contributed by atoms with Crippen LogP contribution in [-0.2, 0) is 0 Å². The predicted octanol–water partition coefficient (Wildman–Crippen LogP) is 2.05. The Hall–Kier alpha value is -1.64. The number of nitrogens with zero attached hydrogens (tertiary/aromatic N) is 2. The van der Waals surface area contributed by atoms with Gasteiger partial charge < -0.3 is 4.52 Å². The van der Waals surface area contributed by atoms with Gasteiger partial charge in [0.2, 0.25) is 0 Å². The summed E-state index contributed by atoms with van der Waals surface area (Å²) in [5.74, 6) is 0.822. The first-order valence-electron chi connectivity index (χ1n) is 3.69. The van der Waals surface area contributed by atoms with Crippen molar-refractivity contribution in [2.75, 3.05) is 0 Å². The molecule has 2 rings (SSSR count). The number of aromatic nitrogens is 2. The Labute approximate surface area is 70.0 Å². The first-order chi connectivity index (χ1) is 5.88. The van der Waals surface area contributed by atoms with Gasteiger partial charge in [0, 0.05) is 23.5 Å². The molecule has 0 unspecified atom stereocenters. The molecule has 0 aliphatic carbocycles. The van der Waals surface area contributed by atoms with Gasteiger partial charge in [-0.05, 0) is 13.0 Å². The van der Waals surface area contributed by atoms with Crippen LogP contribution in [0.2, 0.25) is 0 Å². The molecule has 3 nitrogen and oxygen atoms in total.